The molecule has 1 aliphatic heterocycles. The Morgan fingerprint density at radius 1 is 0.976 bits per heavy atom. The first-order valence-corrected chi connectivity index (χ1v) is 15.0. The molecule has 2 aromatic heterocycles. The lowest BCUT2D eigenvalue weighted by Crippen LogP contribution is -2.29. The number of anilines is 2. The molecule has 5 rings (SSSR count). The number of thiocarbonyl (C=S) groups is 1. The van der Waals surface area contributed by atoms with Gasteiger partial charge in [0.25, 0.3) is 0 Å². The monoisotopic (exact) mass is 599 g/mol. The molecule has 1 fully saturated rings. The van der Waals surface area contributed by atoms with Crippen molar-refractivity contribution in [2.45, 2.75) is 39.0 Å². The second-order valence-electron chi connectivity index (χ2n) is 10.1. The van der Waals surface area contributed by atoms with E-state index in [0.29, 0.717) is 22.1 Å². The highest BCUT2D eigenvalue weighted by atomic mass is 32.2. The normalized spacial score (nSPS) is 17.5. The average molecular weight is 600 g/mol. The van der Waals surface area contributed by atoms with E-state index >= 15 is 0 Å². The summed E-state index contributed by atoms with van der Waals surface area (Å²) in [4.78, 5) is 6.52. The number of benzene rings is 2. The Hall–Kier alpha value is -3.90. The van der Waals surface area contributed by atoms with E-state index in [1.807, 2.05) is 53.6 Å². The SMILES string of the molecule is Cc1cc(N2C(=S)N[C@@H](c3ccccn3)[C@H]2c2cc(C)n(-c3cccc(C(F)(F)F)c3)c2C)ccc1NS(C)(=O)=O. The van der Waals surface area contributed by atoms with E-state index in [0.717, 1.165) is 46.7 Å². The van der Waals surface area contributed by atoms with Crippen LogP contribution in [0.4, 0.5) is 24.5 Å². The second-order valence-corrected chi connectivity index (χ2v) is 12.2. The molecule has 214 valence electrons. The van der Waals surface area contributed by atoms with Crippen LogP contribution in [0.1, 0.15) is 45.9 Å². The van der Waals surface area contributed by atoms with Gasteiger partial charge in [-0.2, -0.15) is 13.2 Å². The summed E-state index contributed by atoms with van der Waals surface area (Å²) in [6.07, 6.45) is -1.68. The predicted octanol–water partition coefficient (Wildman–Crippen LogP) is 6.36. The molecule has 0 aliphatic carbocycles. The van der Waals surface area contributed by atoms with Crippen molar-refractivity contribution in [1.82, 2.24) is 14.9 Å². The predicted molar refractivity (Wildman–Crippen MR) is 158 cm³/mol. The first-order chi connectivity index (χ1) is 19.2. The lowest BCUT2D eigenvalue weighted by Gasteiger charge is -2.29. The van der Waals surface area contributed by atoms with Crippen LogP contribution in [0, 0.1) is 20.8 Å². The van der Waals surface area contributed by atoms with Gasteiger partial charge in [-0.05, 0) is 98.7 Å². The van der Waals surface area contributed by atoms with Crippen LogP contribution >= 0.6 is 12.2 Å². The smallest absolute Gasteiger partial charge is 0.351 e. The van der Waals surface area contributed by atoms with Gasteiger partial charge in [-0.3, -0.25) is 9.71 Å². The number of halogens is 3. The van der Waals surface area contributed by atoms with Gasteiger partial charge in [-0.1, -0.05) is 12.1 Å². The van der Waals surface area contributed by atoms with Gasteiger partial charge in [-0.25, -0.2) is 8.42 Å². The van der Waals surface area contributed by atoms with Crippen LogP contribution in [0.3, 0.4) is 0 Å². The van der Waals surface area contributed by atoms with E-state index in [4.69, 9.17) is 12.2 Å². The summed E-state index contributed by atoms with van der Waals surface area (Å²) in [5, 5.41) is 3.83. The van der Waals surface area contributed by atoms with Gasteiger partial charge in [0.15, 0.2) is 5.11 Å². The fraction of sp³-hybridized carbons (Fsp3) is 0.241. The summed E-state index contributed by atoms with van der Waals surface area (Å²) in [7, 11) is -3.47. The Morgan fingerprint density at radius 2 is 1.73 bits per heavy atom. The van der Waals surface area contributed by atoms with Crippen molar-refractivity contribution in [3.05, 3.63) is 107 Å². The average Bonchev–Trinajstić information content (AvgIpc) is 3.39. The Balaban J connectivity index is 1.65. The minimum Gasteiger partial charge on any atom is -0.351 e. The van der Waals surface area contributed by atoms with Gasteiger partial charge in [0.05, 0.1) is 35.3 Å². The zero-order valence-electron chi connectivity index (χ0n) is 22.7. The van der Waals surface area contributed by atoms with Crippen molar-refractivity contribution in [3.8, 4) is 5.69 Å². The molecule has 0 spiro atoms. The first kappa shape index (κ1) is 28.6. The third-order valence-corrected chi connectivity index (χ3v) is 8.01. The highest BCUT2D eigenvalue weighted by molar-refractivity contribution is 7.92. The molecule has 3 heterocycles. The zero-order chi connectivity index (χ0) is 29.7. The van der Waals surface area contributed by atoms with Gasteiger partial charge < -0.3 is 14.8 Å². The molecule has 4 aromatic rings. The lowest BCUT2D eigenvalue weighted by molar-refractivity contribution is -0.137. The maximum Gasteiger partial charge on any atom is 0.416 e. The number of nitrogens with zero attached hydrogens (tertiary/aromatic N) is 3. The van der Waals surface area contributed by atoms with Crippen LogP contribution in [0.2, 0.25) is 0 Å². The number of nitrogens with one attached hydrogen (secondary N) is 2. The molecule has 0 radical (unpaired) electrons. The number of pyridine rings is 1. The Bertz CT molecular complexity index is 1740. The molecule has 2 N–H and O–H groups in total. The molecule has 1 aliphatic rings. The van der Waals surface area contributed by atoms with E-state index in [-0.39, 0.29) is 6.04 Å². The van der Waals surface area contributed by atoms with E-state index in [1.54, 1.807) is 31.3 Å². The van der Waals surface area contributed by atoms with Crippen LogP contribution in [0.5, 0.6) is 0 Å². The molecule has 0 amide bonds. The molecule has 0 saturated carbocycles. The van der Waals surface area contributed by atoms with E-state index in [2.05, 4.69) is 15.0 Å². The van der Waals surface area contributed by atoms with Crippen LogP contribution < -0.4 is 14.9 Å². The van der Waals surface area contributed by atoms with Crippen molar-refractivity contribution in [2.24, 2.45) is 0 Å². The molecular weight excluding hydrogens is 571 g/mol. The number of sulfonamides is 1. The minimum absolute atomic E-state index is 0.367. The largest absolute Gasteiger partial charge is 0.416 e. The molecule has 1 saturated heterocycles. The molecule has 2 atom stereocenters. The topological polar surface area (TPSA) is 79.3 Å². The number of hydrogen-bond acceptors (Lipinski definition) is 4. The van der Waals surface area contributed by atoms with Crippen LogP contribution in [0.25, 0.3) is 5.69 Å². The maximum atomic E-state index is 13.5. The number of aromatic nitrogens is 2. The van der Waals surface area contributed by atoms with Crippen molar-refractivity contribution in [2.75, 3.05) is 15.9 Å². The fourth-order valence-electron chi connectivity index (χ4n) is 5.37. The second kappa shape index (κ2) is 10.5. The highest BCUT2D eigenvalue weighted by Gasteiger charge is 2.42. The van der Waals surface area contributed by atoms with Gasteiger partial charge in [-0.15, -0.1) is 0 Å². The summed E-state index contributed by atoms with van der Waals surface area (Å²) in [6, 6.07) is 17.4. The summed E-state index contributed by atoms with van der Waals surface area (Å²) >= 11 is 5.82. The standard InChI is InChI=1S/C29H28F3N5O2S2/c1-17-14-22(11-12-24(17)35-41(4,38)39)37-27(26(34-28(37)40)25-10-5-6-13-33-25)23-15-18(2)36(19(23)3)21-9-7-8-20(16-21)29(30,31)32/h5-16,26-27,35H,1-4H3,(H,34,40)/t26-,27+/m0/s1. The van der Waals surface area contributed by atoms with Crippen molar-refractivity contribution < 1.29 is 21.6 Å². The van der Waals surface area contributed by atoms with Gasteiger partial charge >= 0.3 is 6.18 Å². The molecule has 7 nitrogen and oxygen atoms in total. The van der Waals surface area contributed by atoms with Crippen LogP contribution in [0.15, 0.2) is 72.9 Å². The van der Waals surface area contributed by atoms with E-state index < -0.39 is 27.8 Å². The Kier molecular flexibility index (Phi) is 7.33. The van der Waals surface area contributed by atoms with E-state index in [9.17, 15) is 21.6 Å². The maximum absolute atomic E-state index is 13.5. The number of rotatable bonds is 6. The fourth-order valence-corrected chi connectivity index (χ4v) is 6.34. The quantitative estimate of drug-likeness (QED) is 0.251. The number of aryl methyl sites for hydroxylation is 2. The van der Waals surface area contributed by atoms with Crippen molar-refractivity contribution in [3.63, 3.8) is 0 Å². The van der Waals surface area contributed by atoms with Gasteiger partial charge in [0.2, 0.25) is 10.0 Å². The van der Waals surface area contributed by atoms with Crippen molar-refractivity contribution >= 4 is 38.7 Å². The van der Waals surface area contributed by atoms with Crippen LogP contribution in [-0.2, 0) is 16.2 Å². The summed E-state index contributed by atoms with van der Waals surface area (Å²) in [5.41, 5.74) is 4.69. The summed E-state index contributed by atoms with van der Waals surface area (Å²) in [5.74, 6) is 0. The molecule has 0 unspecified atom stereocenters. The summed E-state index contributed by atoms with van der Waals surface area (Å²) < 4.78 is 68.6. The summed E-state index contributed by atoms with van der Waals surface area (Å²) in [6.45, 7) is 5.53. The molecule has 41 heavy (non-hydrogen) atoms. The third kappa shape index (κ3) is 5.66. The van der Waals surface area contributed by atoms with Crippen LogP contribution in [-0.4, -0.2) is 29.3 Å². The Morgan fingerprint density at radius 3 is 2.37 bits per heavy atom. The molecule has 0 bridgehead atoms. The number of hydrogen-bond donors (Lipinski definition) is 2. The van der Waals surface area contributed by atoms with Crippen molar-refractivity contribution in [1.29, 1.82) is 0 Å². The van der Waals surface area contributed by atoms with E-state index in [1.165, 1.54) is 6.07 Å². The third-order valence-electron chi connectivity index (χ3n) is 7.10. The van der Waals surface area contributed by atoms with Gasteiger partial charge in [0, 0.05) is 29.0 Å². The molecule has 12 heteroatoms. The Labute approximate surface area is 242 Å². The lowest BCUT2D eigenvalue weighted by atomic mass is 9.96. The highest BCUT2D eigenvalue weighted by Crippen LogP contribution is 2.44. The molecule has 2 aromatic carbocycles. The molecular formula is C29H28F3N5O2S2. The number of alkyl halides is 3. The first-order valence-electron chi connectivity index (χ1n) is 12.7. The van der Waals surface area contributed by atoms with Gasteiger partial charge in [0.1, 0.15) is 0 Å². The minimum atomic E-state index is -4.47. The zero-order valence-corrected chi connectivity index (χ0v) is 24.3.